The highest BCUT2D eigenvalue weighted by molar-refractivity contribution is 8.01. The average molecular weight is 638 g/mol. The van der Waals surface area contributed by atoms with Crippen LogP contribution in [0.4, 0.5) is 15.9 Å². The van der Waals surface area contributed by atoms with E-state index in [9.17, 15) is 18.8 Å². The highest BCUT2D eigenvalue weighted by Crippen LogP contribution is 2.45. The smallest absolute Gasteiger partial charge is 0.243 e. The van der Waals surface area contributed by atoms with Crippen molar-refractivity contribution in [1.82, 2.24) is 20.0 Å². The molecular formula is C32H36FN5O6S. The maximum absolute atomic E-state index is 14.0. The molecule has 1 aromatic heterocycles. The summed E-state index contributed by atoms with van der Waals surface area (Å²) < 4.78 is 32.6. The summed E-state index contributed by atoms with van der Waals surface area (Å²) in [4.78, 5) is 38.6. The summed E-state index contributed by atoms with van der Waals surface area (Å²) in [5.41, 5.74) is 4.40. The normalized spacial score (nSPS) is 17.2. The molecule has 3 aromatic rings. The minimum absolute atomic E-state index is 0.0426. The second kappa shape index (κ2) is 13.5. The Labute approximate surface area is 264 Å². The molecule has 1 saturated carbocycles. The molecule has 1 saturated heterocycles. The molecule has 238 valence electrons. The molecule has 0 bridgehead atoms. The van der Waals surface area contributed by atoms with Gasteiger partial charge in [-0.1, -0.05) is 6.07 Å². The lowest BCUT2D eigenvalue weighted by Crippen LogP contribution is -2.44. The molecule has 2 fully saturated rings. The van der Waals surface area contributed by atoms with Gasteiger partial charge in [0.15, 0.2) is 11.5 Å². The van der Waals surface area contributed by atoms with E-state index in [0.717, 1.165) is 47.5 Å². The predicted molar refractivity (Wildman–Crippen MR) is 167 cm³/mol. The molecular weight excluding hydrogens is 601 g/mol. The summed E-state index contributed by atoms with van der Waals surface area (Å²) in [7, 11) is 3.20. The summed E-state index contributed by atoms with van der Waals surface area (Å²) in [6, 6.07) is 10.2. The molecule has 6 rings (SSSR count). The van der Waals surface area contributed by atoms with Gasteiger partial charge in [-0.2, -0.15) is 5.10 Å². The molecule has 0 radical (unpaired) electrons. The highest BCUT2D eigenvalue weighted by atomic mass is 32.2. The monoisotopic (exact) mass is 637 g/mol. The maximum Gasteiger partial charge on any atom is 0.243 e. The summed E-state index contributed by atoms with van der Waals surface area (Å²) in [5.74, 6) is 1.26. The van der Waals surface area contributed by atoms with Crippen LogP contribution in [0, 0.1) is 5.82 Å². The third-order valence-corrected chi connectivity index (χ3v) is 9.58. The number of rotatable bonds is 14. The van der Waals surface area contributed by atoms with Gasteiger partial charge in [0, 0.05) is 42.2 Å². The van der Waals surface area contributed by atoms with E-state index >= 15 is 0 Å². The van der Waals surface area contributed by atoms with E-state index in [1.807, 2.05) is 16.8 Å². The van der Waals surface area contributed by atoms with Crippen molar-refractivity contribution in [2.45, 2.75) is 49.9 Å². The Balaban J connectivity index is 1.02. The number of thioether (sulfide) groups is 1. The molecule has 2 N–H and O–H groups in total. The number of aromatic nitrogens is 2. The van der Waals surface area contributed by atoms with Crippen LogP contribution >= 0.6 is 11.8 Å². The standard InChI is InChI=1S/C32H36FN5O6S/c1-42-25-14-19-13-24-30(23(19)16-26(25)43-2)36-37(31(24)35-21-6-3-5-20(33)15-21)10-12-44-11-9-34-28(39)18-45-27-17-29(40)38(32(27)41)22-7-4-8-22/h3,5-6,14-16,22,27,35H,4,7-13,17-18H2,1-2H3,(H,34,39). The van der Waals surface area contributed by atoms with Gasteiger partial charge in [-0.05, 0) is 55.2 Å². The molecule has 45 heavy (non-hydrogen) atoms. The van der Waals surface area contributed by atoms with E-state index in [-0.39, 0.29) is 41.8 Å². The van der Waals surface area contributed by atoms with E-state index < -0.39 is 5.25 Å². The molecule has 0 spiro atoms. The summed E-state index contributed by atoms with van der Waals surface area (Å²) in [5, 5.41) is 10.6. The first-order chi connectivity index (χ1) is 21.9. The zero-order chi connectivity index (χ0) is 31.5. The molecule has 13 heteroatoms. The number of ether oxygens (including phenoxy) is 3. The second-order valence-electron chi connectivity index (χ2n) is 11.2. The number of methoxy groups -OCH3 is 2. The number of fused-ring (bicyclic) bond motifs is 3. The Morgan fingerprint density at radius 3 is 2.64 bits per heavy atom. The number of carbonyl (C=O) groups excluding carboxylic acids is 3. The molecule has 3 amide bonds. The number of hydrogen-bond donors (Lipinski definition) is 2. The first-order valence-corrected chi connectivity index (χ1v) is 16.1. The third kappa shape index (κ3) is 6.50. The van der Waals surface area contributed by atoms with Crippen molar-refractivity contribution in [3.05, 3.63) is 53.3 Å². The fraction of sp³-hybridized carbons (Fsp3) is 0.438. The van der Waals surface area contributed by atoms with Gasteiger partial charge in [-0.15, -0.1) is 11.8 Å². The van der Waals surface area contributed by atoms with Crippen LogP contribution < -0.4 is 20.1 Å². The van der Waals surface area contributed by atoms with Crippen LogP contribution in [0.5, 0.6) is 11.5 Å². The van der Waals surface area contributed by atoms with Gasteiger partial charge in [-0.25, -0.2) is 9.07 Å². The lowest BCUT2D eigenvalue weighted by Gasteiger charge is -2.33. The third-order valence-electron chi connectivity index (χ3n) is 8.38. The van der Waals surface area contributed by atoms with E-state index in [1.54, 1.807) is 26.4 Å². The lowest BCUT2D eigenvalue weighted by molar-refractivity contribution is -0.142. The topological polar surface area (TPSA) is 124 Å². The van der Waals surface area contributed by atoms with Gasteiger partial charge in [0.1, 0.15) is 11.6 Å². The Morgan fingerprint density at radius 1 is 1.11 bits per heavy atom. The van der Waals surface area contributed by atoms with Crippen LogP contribution in [0.15, 0.2) is 36.4 Å². The first-order valence-electron chi connectivity index (χ1n) is 15.1. The van der Waals surface area contributed by atoms with Gasteiger partial charge in [-0.3, -0.25) is 19.3 Å². The lowest BCUT2D eigenvalue weighted by atomic mass is 9.92. The number of anilines is 2. The predicted octanol–water partition coefficient (Wildman–Crippen LogP) is 3.90. The van der Waals surface area contributed by atoms with Crippen LogP contribution in [0.1, 0.15) is 36.8 Å². The van der Waals surface area contributed by atoms with E-state index in [1.165, 1.54) is 28.8 Å². The number of imide groups is 1. The number of likely N-dealkylation sites (tertiary alicyclic amines) is 1. The van der Waals surface area contributed by atoms with Gasteiger partial charge in [0.05, 0.1) is 50.7 Å². The molecule has 2 aromatic carbocycles. The molecule has 3 aliphatic rings. The number of halogens is 1. The van der Waals surface area contributed by atoms with Crippen LogP contribution in [0.25, 0.3) is 11.3 Å². The van der Waals surface area contributed by atoms with Crippen molar-refractivity contribution < 1.29 is 33.0 Å². The molecule has 11 nitrogen and oxygen atoms in total. The van der Waals surface area contributed by atoms with Gasteiger partial charge in [0.2, 0.25) is 17.7 Å². The van der Waals surface area contributed by atoms with Crippen LogP contribution in [-0.2, 0) is 32.1 Å². The van der Waals surface area contributed by atoms with E-state index in [4.69, 9.17) is 19.3 Å². The van der Waals surface area contributed by atoms with Crippen molar-refractivity contribution in [1.29, 1.82) is 0 Å². The zero-order valence-electron chi connectivity index (χ0n) is 25.3. The molecule has 1 unspecified atom stereocenters. The number of amides is 3. The average Bonchev–Trinajstić information content (AvgIpc) is 3.61. The number of nitrogens with one attached hydrogen (secondary N) is 2. The minimum Gasteiger partial charge on any atom is -0.493 e. The Bertz CT molecular complexity index is 1610. The zero-order valence-corrected chi connectivity index (χ0v) is 26.1. The number of nitrogens with zero attached hydrogens (tertiary/aromatic N) is 3. The second-order valence-corrected chi connectivity index (χ2v) is 12.4. The first kappa shape index (κ1) is 30.9. The molecule has 1 atom stereocenters. The SMILES string of the molecule is COc1cc2c(cc1OC)-c1nn(CCOCCNC(=O)CSC3CC(=O)N(C4CCC4)C3=O)c(Nc3cccc(F)c3)c1C2. The molecule has 2 heterocycles. The van der Waals surface area contributed by atoms with Gasteiger partial charge < -0.3 is 24.8 Å². The largest absolute Gasteiger partial charge is 0.493 e. The fourth-order valence-corrected chi connectivity index (χ4v) is 6.86. The minimum atomic E-state index is -0.485. The Hall–Kier alpha value is -4.10. The number of carbonyl (C=O) groups is 3. The van der Waals surface area contributed by atoms with E-state index in [2.05, 4.69) is 10.6 Å². The van der Waals surface area contributed by atoms with Crippen LogP contribution in [-0.4, -0.2) is 83.4 Å². The van der Waals surface area contributed by atoms with Crippen LogP contribution in [0.3, 0.4) is 0 Å². The van der Waals surface area contributed by atoms with Gasteiger partial charge in [0.25, 0.3) is 0 Å². The van der Waals surface area contributed by atoms with Crippen molar-refractivity contribution in [2.75, 3.05) is 45.0 Å². The highest BCUT2D eigenvalue weighted by Gasteiger charge is 2.44. The number of benzene rings is 2. The van der Waals surface area contributed by atoms with Crippen molar-refractivity contribution >= 4 is 41.0 Å². The summed E-state index contributed by atoms with van der Waals surface area (Å²) >= 11 is 1.22. The summed E-state index contributed by atoms with van der Waals surface area (Å²) in [6.45, 7) is 1.36. The van der Waals surface area contributed by atoms with E-state index in [0.29, 0.717) is 49.9 Å². The van der Waals surface area contributed by atoms with Crippen LogP contribution in [0.2, 0.25) is 0 Å². The Kier molecular flexibility index (Phi) is 9.27. The summed E-state index contributed by atoms with van der Waals surface area (Å²) in [6.07, 6.45) is 3.58. The van der Waals surface area contributed by atoms with Crippen molar-refractivity contribution in [3.8, 4) is 22.8 Å². The van der Waals surface area contributed by atoms with Crippen molar-refractivity contribution in [2.24, 2.45) is 0 Å². The van der Waals surface area contributed by atoms with Gasteiger partial charge >= 0.3 is 0 Å². The quantitative estimate of drug-likeness (QED) is 0.157. The molecule has 1 aliphatic heterocycles. The Morgan fingerprint density at radius 2 is 1.91 bits per heavy atom. The maximum atomic E-state index is 14.0. The van der Waals surface area contributed by atoms with Crippen molar-refractivity contribution in [3.63, 3.8) is 0 Å². The number of hydrogen-bond acceptors (Lipinski definition) is 9. The fourth-order valence-electron chi connectivity index (χ4n) is 5.89. The molecule has 2 aliphatic carbocycles.